The van der Waals surface area contributed by atoms with Crippen molar-refractivity contribution in [3.8, 4) is 0 Å². The number of carboxylic acid groups (broad SMARTS) is 1. The molecular weight excluding hydrogens is 242 g/mol. The molecule has 0 spiro atoms. The van der Waals surface area contributed by atoms with E-state index in [9.17, 15) is 14.7 Å². The molecule has 1 amide bonds. The molecule has 2 fully saturated rings. The van der Waals surface area contributed by atoms with Gasteiger partial charge in [-0.3, -0.25) is 9.59 Å². The summed E-state index contributed by atoms with van der Waals surface area (Å²) in [5.74, 6) is 0.447. The Balaban J connectivity index is 1.74. The van der Waals surface area contributed by atoms with Gasteiger partial charge in [0.05, 0.1) is 5.41 Å². The zero-order valence-corrected chi connectivity index (χ0v) is 11.8. The number of amides is 1. The van der Waals surface area contributed by atoms with Crippen molar-refractivity contribution >= 4 is 11.9 Å². The Morgan fingerprint density at radius 3 is 2.53 bits per heavy atom. The average Bonchev–Trinajstić information content (AvgIpc) is 2.31. The van der Waals surface area contributed by atoms with Crippen LogP contribution < -0.4 is 5.32 Å². The van der Waals surface area contributed by atoms with Crippen LogP contribution in [0.15, 0.2) is 0 Å². The molecule has 0 aromatic carbocycles. The second-order valence-corrected chi connectivity index (χ2v) is 6.56. The topological polar surface area (TPSA) is 66.4 Å². The fourth-order valence-corrected chi connectivity index (χ4v) is 3.44. The highest BCUT2D eigenvalue weighted by Gasteiger charge is 2.45. The highest BCUT2D eigenvalue weighted by molar-refractivity contribution is 5.85. The van der Waals surface area contributed by atoms with Gasteiger partial charge in [0.2, 0.25) is 5.91 Å². The summed E-state index contributed by atoms with van der Waals surface area (Å²) in [5, 5.41) is 12.2. The number of carboxylic acids is 1. The van der Waals surface area contributed by atoms with Crippen LogP contribution in [0, 0.1) is 17.3 Å². The molecule has 2 rings (SSSR count). The number of hydrogen-bond donors (Lipinski definition) is 2. The number of hydrogen-bond acceptors (Lipinski definition) is 2. The van der Waals surface area contributed by atoms with E-state index < -0.39 is 11.4 Å². The minimum Gasteiger partial charge on any atom is -0.481 e. The van der Waals surface area contributed by atoms with Crippen LogP contribution in [-0.4, -0.2) is 23.5 Å². The largest absolute Gasteiger partial charge is 0.481 e. The summed E-state index contributed by atoms with van der Waals surface area (Å²) in [7, 11) is 0. The van der Waals surface area contributed by atoms with Crippen molar-refractivity contribution < 1.29 is 14.7 Å². The fraction of sp³-hybridized carbons (Fsp3) is 0.867. The molecule has 0 bridgehead atoms. The fourth-order valence-electron chi connectivity index (χ4n) is 3.44. The normalized spacial score (nSPS) is 29.3. The van der Waals surface area contributed by atoms with Gasteiger partial charge >= 0.3 is 5.97 Å². The van der Waals surface area contributed by atoms with Gasteiger partial charge in [0, 0.05) is 13.0 Å². The molecule has 108 valence electrons. The standard InChI is InChI=1S/C15H25NO3/c1-11-4-2-5-12(8-11)10-16-13(17)9-15(14(18)19)6-3-7-15/h11-12H,2-10H2,1H3,(H,16,17)(H,18,19). The Kier molecular flexibility index (Phi) is 4.48. The van der Waals surface area contributed by atoms with Gasteiger partial charge in [-0.05, 0) is 37.5 Å². The number of carbonyl (C=O) groups excluding carboxylic acids is 1. The van der Waals surface area contributed by atoms with Gasteiger partial charge in [0.15, 0.2) is 0 Å². The van der Waals surface area contributed by atoms with Gasteiger partial charge in [0.25, 0.3) is 0 Å². The molecule has 0 saturated heterocycles. The lowest BCUT2D eigenvalue weighted by atomic mass is 9.66. The summed E-state index contributed by atoms with van der Waals surface area (Å²) in [4.78, 5) is 23.1. The average molecular weight is 267 g/mol. The van der Waals surface area contributed by atoms with Gasteiger partial charge in [-0.1, -0.05) is 26.2 Å². The Morgan fingerprint density at radius 1 is 1.26 bits per heavy atom. The van der Waals surface area contributed by atoms with E-state index in [2.05, 4.69) is 12.2 Å². The molecule has 2 unspecified atom stereocenters. The summed E-state index contributed by atoms with van der Waals surface area (Å²) in [5.41, 5.74) is -0.760. The van der Waals surface area contributed by atoms with Crippen LogP contribution in [0.4, 0.5) is 0 Å². The molecule has 0 aromatic rings. The third kappa shape index (κ3) is 3.48. The molecule has 0 heterocycles. The van der Waals surface area contributed by atoms with E-state index in [1.807, 2.05) is 0 Å². The lowest BCUT2D eigenvalue weighted by Crippen LogP contribution is -2.43. The molecule has 2 atom stereocenters. The van der Waals surface area contributed by atoms with E-state index in [4.69, 9.17) is 0 Å². The van der Waals surface area contributed by atoms with Crippen LogP contribution in [-0.2, 0) is 9.59 Å². The summed E-state index contributed by atoms with van der Waals surface area (Å²) >= 11 is 0. The summed E-state index contributed by atoms with van der Waals surface area (Å²) in [6, 6.07) is 0. The van der Waals surface area contributed by atoms with E-state index in [1.54, 1.807) is 0 Å². The number of aliphatic carboxylic acids is 1. The number of carbonyl (C=O) groups is 2. The van der Waals surface area contributed by atoms with Gasteiger partial charge in [-0.2, -0.15) is 0 Å². The van der Waals surface area contributed by atoms with E-state index in [0.29, 0.717) is 18.8 Å². The molecule has 0 aromatic heterocycles. The Morgan fingerprint density at radius 2 is 2.00 bits per heavy atom. The van der Waals surface area contributed by atoms with Crippen molar-refractivity contribution in [3.05, 3.63) is 0 Å². The number of rotatable bonds is 5. The maximum absolute atomic E-state index is 11.9. The Bertz CT molecular complexity index is 349. The van der Waals surface area contributed by atoms with Crippen molar-refractivity contribution in [2.75, 3.05) is 6.54 Å². The SMILES string of the molecule is CC1CCCC(CNC(=O)CC2(C(=O)O)CCC2)C1. The van der Waals surface area contributed by atoms with E-state index in [1.165, 1.54) is 25.7 Å². The zero-order chi connectivity index (χ0) is 13.9. The van der Waals surface area contributed by atoms with Crippen LogP contribution in [0.25, 0.3) is 0 Å². The molecule has 0 radical (unpaired) electrons. The molecule has 4 heteroatoms. The van der Waals surface area contributed by atoms with Crippen LogP contribution >= 0.6 is 0 Å². The first kappa shape index (κ1) is 14.4. The first-order valence-electron chi connectivity index (χ1n) is 7.52. The molecule has 2 aliphatic rings. The summed E-state index contributed by atoms with van der Waals surface area (Å²) in [6.45, 7) is 2.99. The van der Waals surface area contributed by atoms with Crippen molar-refractivity contribution in [1.29, 1.82) is 0 Å². The lowest BCUT2D eigenvalue weighted by molar-refractivity contribution is -0.157. The minimum atomic E-state index is -0.805. The van der Waals surface area contributed by atoms with Gasteiger partial charge in [0.1, 0.15) is 0 Å². The first-order valence-corrected chi connectivity index (χ1v) is 7.52. The Labute approximate surface area is 115 Å². The molecular formula is C15H25NO3. The second kappa shape index (κ2) is 5.93. The van der Waals surface area contributed by atoms with Gasteiger partial charge in [-0.15, -0.1) is 0 Å². The monoisotopic (exact) mass is 267 g/mol. The van der Waals surface area contributed by atoms with Crippen molar-refractivity contribution in [2.24, 2.45) is 17.3 Å². The molecule has 2 N–H and O–H groups in total. The quantitative estimate of drug-likeness (QED) is 0.804. The first-order chi connectivity index (χ1) is 9.02. The minimum absolute atomic E-state index is 0.0830. The van der Waals surface area contributed by atoms with E-state index in [-0.39, 0.29) is 12.3 Å². The summed E-state index contributed by atoms with van der Waals surface area (Å²) in [6.07, 6.45) is 7.31. The van der Waals surface area contributed by atoms with E-state index >= 15 is 0 Å². The highest BCUT2D eigenvalue weighted by Crippen LogP contribution is 2.44. The van der Waals surface area contributed by atoms with Gasteiger partial charge in [-0.25, -0.2) is 0 Å². The predicted molar refractivity (Wildman–Crippen MR) is 72.7 cm³/mol. The molecule has 19 heavy (non-hydrogen) atoms. The lowest BCUT2D eigenvalue weighted by Gasteiger charge is -2.37. The zero-order valence-electron chi connectivity index (χ0n) is 11.8. The maximum atomic E-state index is 11.9. The van der Waals surface area contributed by atoms with Crippen molar-refractivity contribution in [3.63, 3.8) is 0 Å². The smallest absolute Gasteiger partial charge is 0.310 e. The van der Waals surface area contributed by atoms with Crippen LogP contribution in [0.3, 0.4) is 0 Å². The molecule has 4 nitrogen and oxygen atoms in total. The predicted octanol–water partition coefficient (Wildman–Crippen LogP) is 2.57. The third-order valence-electron chi connectivity index (χ3n) is 4.90. The molecule has 2 saturated carbocycles. The maximum Gasteiger partial charge on any atom is 0.310 e. The number of nitrogens with one attached hydrogen (secondary N) is 1. The van der Waals surface area contributed by atoms with Crippen molar-refractivity contribution in [1.82, 2.24) is 5.32 Å². The second-order valence-electron chi connectivity index (χ2n) is 6.56. The molecule has 0 aliphatic heterocycles. The van der Waals surface area contributed by atoms with Crippen LogP contribution in [0.5, 0.6) is 0 Å². The Hall–Kier alpha value is -1.06. The van der Waals surface area contributed by atoms with E-state index in [0.717, 1.165) is 18.9 Å². The molecule has 2 aliphatic carbocycles. The third-order valence-corrected chi connectivity index (χ3v) is 4.90. The highest BCUT2D eigenvalue weighted by atomic mass is 16.4. The van der Waals surface area contributed by atoms with Gasteiger partial charge < -0.3 is 10.4 Å². The summed E-state index contributed by atoms with van der Waals surface area (Å²) < 4.78 is 0. The van der Waals surface area contributed by atoms with Crippen molar-refractivity contribution in [2.45, 2.75) is 58.3 Å². The van der Waals surface area contributed by atoms with Crippen LogP contribution in [0.2, 0.25) is 0 Å². The van der Waals surface area contributed by atoms with Crippen LogP contribution in [0.1, 0.15) is 58.3 Å².